The monoisotopic (exact) mass is 1310 g/mol. The van der Waals surface area contributed by atoms with Gasteiger partial charge in [-0.15, -0.1) is 0 Å². The van der Waals surface area contributed by atoms with E-state index in [9.17, 15) is 28.8 Å². The zero-order valence-electron chi connectivity index (χ0n) is 54.5. The number of nitrogens with zero attached hydrogens (tertiary/aromatic N) is 12. The fourth-order valence-electron chi connectivity index (χ4n) is 15.8. The van der Waals surface area contributed by atoms with Crippen molar-refractivity contribution in [2.45, 2.75) is 149 Å². The summed E-state index contributed by atoms with van der Waals surface area (Å²) in [5, 5.41) is 3.78. The van der Waals surface area contributed by atoms with Gasteiger partial charge in [-0.25, -0.2) is 0 Å². The summed E-state index contributed by atoms with van der Waals surface area (Å²) in [6, 6.07) is 25.3. The fourth-order valence-corrected chi connectivity index (χ4v) is 18.2. The molecule has 9 heterocycles. The van der Waals surface area contributed by atoms with Crippen molar-refractivity contribution >= 4 is 118 Å². The number of aromatic nitrogens is 3. The number of carbonyl (C=O) groups excluding carboxylic acids is 6. The Morgan fingerprint density at radius 1 is 0.337 bits per heavy atom. The highest BCUT2D eigenvalue weighted by Gasteiger charge is 2.46. The van der Waals surface area contributed by atoms with Gasteiger partial charge in [-0.05, 0) is 171 Å². The minimum absolute atomic E-state index is 0.00430. The molecule has 3 aromatic heterocycles. The first-order chi connectivity index (χ1) is 44.7. The summed E-state index contributed by atoms with van der Waals surface area (Å²) in [4.78, 5) is 94.3. The number of imide groups is 3. The molecule has 8 aliphatic rings. The van der Waals surface area contributed by atoms with Gasteiger partial charge in [0.25, 0.3) is 0 Å². The first-order valence-electron chi connectivity index (χ1n) is 34.6. The van der Waals surface area contributed by atoms with Gasteiger partial charge in [0.2, 0.25) is 35.4 Å². The molecular formula is C71H96N12O6S3. The molecule has 0 radical (unpaired) electrons. The minimum atomic E-state index is -0.188. The largest absolute Gasteiger partial charge is 0.353 e. The van der Waals surface area contributed by atoms with Gasteiger partial charge in [-0.1, -0.05) is 82.3 Å². The molecule has 21 heteroatoms. The van der Waals surface area contributed by atoms with Gasteiger partial charge in [0.05, 0.1) is 14.1 Å². The number of hydrogen-bond donors (Lipinski definition) is 0. The summed E-state index contributed by atoms with van der Waals surface area (Å²) in [6.07, 6.45) is 19.2. The molecule has 14 rings (SSSR count). The lowest BCUT2D eigenvalue weighted by atomic mass is 9.67. The zero-order valence-corrected chi connectivity index (χ0v) is 57.0. The molecule has 6 amide bonds. The van der Waals surface area contributed by atoms with Crippen molar-refractivity contribution in [1.29, 1.82) is 0 Å². The van der Waals surface area contributed by atoms with Crippen LogP contribution in [0, 0.1) is 16.2 Å². The van der Waals surface area contributed by atoms with E-state index in [4.69, 9.17) is 8.75 Å². The Labute approximate surface area is 556 Å². The van der Waals surface area contributed by atoms with Gasteiger partial charge in [-0.3, -0.25) is 58.2 Å². The second-order valence-corrected chi connectivity index (χ2v) is 30.8. The van der Waals surface area contributed by atoms with Crippen molar-refractivity contribution in [2.24, 2.45) is 16.2 Å². The third-order valence-corrected chi connectivity index (χ3v) is 23.6. The molecule has 2 aliphatic carbocycles. The average molecular weight is 1310 g/mol. The van der Waals surface area contributed by atoms with Crippen LogP contribution in [0.5, 0.6) is 0 Å². The summed E-state index contributed by atoms with van der Waals surface area (Å²) in [6.45, 7) is 21.0. The number of benzene rings is 3. The number of piperidine rings is 3. The fraction of sp³-hybridized carbons (Fsp3) is 0.620. The third-order valence-electron chi connectivity index (χ3n) is 21.2. The SMILES string of the molecule is CC1(C)CC(=O)N(CCCCN2CCN(c3nsc4ccccc34)CC2)C(=O)C1.O=C1CC2(CCCC2)CC(=O)N1CCCCN1CCN(c2nsc3ccccc23)CC1.O=C1CC2(CCCCC2)CC(=O)N1CCCCN1CCN(c2nsc3ccccc23)CC1. The standard InChI is InChI=1S/C25H34N4O2S.C24H32N4O2S.C22H30N4O2S/c30-22-18-25(10-4-1-5-11-25)19-23(31)29(22)13-7-6-12-27-14-16-28(17-15-27)24-20-8-2-3-9-21(20)32-26-24;29-21-17-24(9-3-4-10-24)18-22(30)28(21)12-6-5-11-26-13-15-27(16-14-26)23-19-7-1-2-8-20(19)31-25-23;1-22(2)15-19(27)26(20(28)16-22)10-6-5-9-24-11-13-25(14-12-24)21-17-7-3-4-8-18(17)29-23-21/h2-3,8-9H,1,4-7,10-19H2;1-2,7-8H,3-6,9-18H2;3-4,7-8H,5-6,9-16H2,1-2H3. The lowest BCUT2D eigenvalue weighted by molar-refractivity contribution is -0.156. The van der Waals surface area contributed by atoms with E-state index >= 15 is 0 Å². The van der Waals surface area contributed by atoms with Gasteiger partial charge in [0.15, 0.2) is 0 Å². The maximum absolute atomic E-state index is 12.7. The van der Waals surface area contributed by atoms with E-state index in [1.165, 1.54) is 67.3 Å². The first kappa shape index (κ1) is 66.1. The molecule has 8 fully saturated rings. The van der Waals surface area contributed by atoms with Crippen molar-refractivity contribution < 1.29 is 28.8 Å². The van der Waals surface area contributed by atoms with E-state index in [2.05, 4.69) is 107 Å². The quantitative estimate of drug-likeness (QED) is 0.0588. The number of anilines is 3. The minimum Gasteiger partial charge on any atom is -0.353 e. The average Bonchev–Trinajstić information content (AvgIpc) is 0.994. The van der Waals surface area contributed by atoms with Crippen LogP contribution in [0.4, 0.5) is 17.5 Å². The highest BCUT2D eigenvalue weighted by atomic mass is 32.1. The normalized spacial score (nSPS) is 21.7. The highest BCUT2D eigenvalue weighted by Crippen LogP contribution is 2.48. The van der Waals surface area contributed by atoms with E-state index in [0.717, 1.165) is 180 Å². The van der Waals surface area contributed by atoms with E-state index in [1.807, 2.05) is 13.8 Å². The lowest BCUT2D eigenvalue weighted by Crippen LogP contribution is -2.49. The number of carbonyl (C=O) groups is 6. The number of amides is 6. The summed E-state index contributed by atoms with van der Waals surface area (Å²) < 4.78 is 17.8. The second kappa shape index (κ2) is 30.2. The number of hydrogen-bond acceptors (Lipinski definition) is 18. The number of unbranched alkanes of at least 4 members (excludes halogenated alkanes) is 3. The molecule has 0 N–H and O–H groups in total. The van der Waals surface area contributed by atoms with Gasteiger partial charge in [0.1, 0.15) is 17.5 Å². The van der Waals surface area contributed by atoms with Gasteiger partial charge >= 0.3 is 0 Å². The molecule has 494 valence electrons. The predicted molar refractivity (Wildman–Crippen MR) is 371 cm³/mol. The van der Waals surface area contributed by atoms with E-state index in [0.29, 0.717) is 58.2 Å². The molecular weight excluding hydrogens is 1210 g/mol. The molecule has 6 saturated heterocycles. The number of rotatable bonds is 18. The van der Waals surface area contributed by atoms with Crippen LogP contribution in [0.1, 0.15) is 149 Å². The smallest absolute Gasteiger partial charge is 0.229 e. The topological polar surface area (TPSA) is 170 Å². The van der Waals surface area contributed by atoms with Crippen molar-refractivity contribution in [3.8, 4) is 0 Å². The molecule has 3 aromatic carbocycles. The molecule has 92 heavy (non-hydrogen) atoms. The van der Waals surface area contributed by atoms with Gasteiger partial charge in [-0.2, -0.15) is 13.1 Å². The summed E-state index contributed by atoms with van der Waals surface area (Å²) >= 11 is 4.74. The van der Waals surface area contributed by atoms with E-state index < -0.39 is 0 Å². The molecule has 6 aliphatic heterocycles. The highest BCUT2D eigenvalue weighted by molar-refractivity contribution is 7.14. The first-order valence-corrected chi connectivity index (χ1v) is 37.0. The van der Waals surface area contributed by atoms with Crippen molar-refractivity contribution in [3.63, 3.8) is 0 Å². The van der Waals surface area contributed by atoms with Crippen LogP contribution in [0.2, 0.25) is 0 Å². The molecule has 2 spiro atoms. The summed E-state index contributed by atoms with van der Waals surface area (Å²) in [5.74, 6) is 3.66. The number of fused-ring (bicyclic) bond motifs is 3. The van der Waals surface area contributed by atoms with Crippen molar-refractivity contribution in [3.05, 3.63) is 72.8 Å². The Bertz CT molecular complexity index is 3450. The maximum Gasteiger partial charge on any atom is 0.229 e. The molecule has 6 aromatic rings. The van der Waals surface area contributed by atoms with Crippen LogP contribution < -0.4 is 14.7 Å². The van der Waals surface area contributed by atoms with Gasteiger partial charge < -0.3 is 14.7 Å². The molecule has 2 saturated carbocycles. The van der Waals surface area contributed by atoms with E-state index in [1.54, 1.807) is 44.4 Å². The van der Waals surface area contributed by atoms with Crippen LogP contribution in [0.25, 0.3) is 30.3 Å². The Hall–Kier alpha value is -5.97. The molecule has 0 bridgehead atoms. The lowest BCUT2D eigenvalue weighted by Gasteiger charge is -2.42. The third kappa shape index (κ3) is 16.0. The van der Waals surface area contributed by atoms with Crippen LogP contribution in [-0.2, 0) is 28.8 Å². The van der Waals surface area contributed by atoms with Crippen LogP contribution in [-0.4, -0.2) is 196 Å². The maximum atomic E-state index is 12.7. The number of piperazine rings is 3. The zero-order chi connectivity index (χ0) is 63.7. The van der Waals surface area contributed by atoms with Crippen LogP contribution in [0.3, 0.4) is 0 Å². The van der Waals surface area contributed by atoms with Gasteiger partial charge in [0, 0.05) is 153 Å². The van der Waals surface area contributed by atoms with Crippen molar-refractivity contribution in [2.75, 3.05) is 133 Å². The predicted octanol–water partition coefficient (Wildman–Crippen LogP) is 11.6. The molecule has 0 unspecified atom stereocenters. The van der Waals surface area contributed by atoms with Crippen LogP contribution >= 0.6 is 34.6 Å². The number of likely N-dealkylation sites (tertiary alicyclic amines) is 3. The van der Waals surface area contributed by atoms with Crippen molar-refractivity contribution in [1.82, 2.24) is 42.5 Å². The summed E-state index contributed by atoms with van der Waals surface area (Å²) in [7, 11) is 0. The Balaban J connectivity index is 0.000000133. The molecule has 18 nitrogen and oxygen atoms in total. The van der Waals surface area contributed by atoms with E-state index in [-0.39, 0.29) is 51.7 Å². The van der Waals surface area contributed by atoms with Crippen LogP contribution in [0.15, 0.2) is 72.8 Å². The Kier molecular flexibility index (Phi) is 21.7. The summed E-state index contributed by atoms with van der Waals surface area (Å²) in [5.41, 5.74) is -0.189. The molecule has 0 atom stereocenters. The Morgan fingerprint density at radius 3 is 0.902 bits per heavy atom. The second-order valence-electron chi connectivity index (χ2n) is 28.4. The Morgan fingerprint density at radius 2 is 0.598 bits per heavy atom.